The largest absolute Gasteiger partial charge is 0.309 e. The highest BCUT2D eigenvalue weighted by molar-refractivity contribution is 7.09. The van der Waals surface area contributed by atoms with Crippen LogP contribution >= 0.6 is 11.3 Å². The van der Waals surface area contributed by atoms with Crippen LogP contribution < -0.4 is 5.32 Å². The van der Waals surface area contributed by atoms with Gasteiger partial charge in [-0.1, -0.05) is 46.0 Å². The molecule has 3 rings (SSSR count). The summed E-state index contributed by atoms with van der Waals surface area (Å²) < 4.78 is 0. The van der Waals surface area contributed by atoms with E-state index < -0.39 is 0 Å². The lowest BCUT2D eigenvalue weighted by molar-refractivity contribution is -0.115. The average molecular weight is 346 g/mol. The fourth-order valence-corrected chi connectivity index (χ4v) is 4.09. The van der Waals surface area contributed by atoms with Gasteiger partial charge in [0, 0.05) is 23.1 Å². The molecule has 0 spiro atoms. The van der Waals surface area contributed by atoms with Gasteiger partial charge < -0.3 is 5.32 Å². The minimum absolute atomic E-state index is 0.0636. The normalized spacial score (nSPS) is 15.8. The van der Waals surface area contributed by atoms with Crippen LogP contribution in [0.2, 0.25) is 0 Å². The van der Waals surface area contributed by atoms with Crippen LogP contribution in [0, 0.1) is 5.92 Å². The fraction of sp³-hybridized carbons (Fsp3) is 0.611. The van der Waals surface area contributed by atoms with E-state index in [1.165, 1.54) is 32.1 Å². The number of aromatic amines is 1. The number of rotatable bonds is 6. The van der Waals surface area contributed by atoms with E-state index in [0.717, 1.165) is 28.7 Å². The molecule has 24 heavy (non-hydrogen) atoms. The number of thiazole rings is 1. The lowest BCUT2D eigenvalue weighted by Gasteiger charge is -2.20. The van der Waals surface area contributed by atoms with Crippen molar-refractivity contribution in [3.05, 3.63) is 27.8 Å². The van der Waals surface area contributed by atoms with Gasteiger partial charge in [-0.05, 0) is 12.3 Å². The summed E-state index contributed by atoms with van der Waals surface area (Å²) in [7, 11) is 0. The van der Waals surface area contributed by atoms with Crippen molar-refractivity contribution in [3.8, 4) is 0 Å². The van der Waals surface area contributed by atoms with Crippen LogP contribution in [0.5, 0.6) is 0 Å². The van der Waals surface area contributed by atoms with Crippen molar-refractivity contribution in [1.29, 1.82) is 0 Å². The first-order valence-electron chi connectivity index (χ1n) is 8.88. The van der Waals surface area contributed by atoms with Gasteiger partial charge in [-0.3, -0.25) is 9.89 Å². The van der Waals surface area contributed by atoms with Crippen LogP contribution in [0.1, 0.15) is 68.3 Å². The third-order valence-electron chi connectivity index (χ3n) is 4.54. The SMILES string of the molecule is CC(C)c1nc(CC(=O)Nc2cc(CC3CCCCC3)[nH]n2)cs1. The molecular weight excluding hydrogens is 320 g/mol. The molecule has 6 heteroatoms. The Balaban J connectivity index is 1.50. The summed E-state index contributed by atoms with van der Waals surface area (Å²) >= 11 is 1.62. The number of carbonyl (C=O) groups is 1. The van der Waals surface area contributed by atoms with Gasteiger partial charge in [0.05, 0.1) is 17.1 Å². The zero-order valence-corrected chi connectivity index (χ0v) is 15.3. The number of amides is 1. The van der Waals surface area contributed by atoms with Crippen LogP contribution in [0.25, 0.3) is 0 Å². The van der Waals surface area contributed by atoms with Crippen LogP contribution in [-0.2, 0) is 17.6 Å². The van der Waals surface area contributed by atoms with Crippen molar-refractivity contribution in [2.24, 2.45) is 5.92 Å². The van der Waals surface area contributed by atoms with Gasteiger partial charge >= 0.3 is 0 Å². The van der Waals surface area contributed by atoms with Crippen LogP contribution in [-0.4, -0.2) is 21.1 Å². The van der Waals surface area contributed by atoms with E-state index >= 15 is 0 Å². The monoisotopic (exact) mass is 346 g/mol. The predicted octanol–water partition coefficient (Wildman–Crippen LogP) is 4.29. The number of aromatic nitrogens is 3. The molecule has 1 aliphatic rings. The highest BCUT2D eigenvalue weighted by Gasteiger charge is 2.16. The van der Waals surface area contributed by atoms with Crippen molar-refractivity contribution in [2.45, 2.75) is 64.7 Å². The number of H-pyrrole nitrogens is 1. The molecule has 1 fully saturated rings. The van der Waals surface area contributed by atoms with Crippen molar-refractivity contribution in [1.82, 2.24) is 15.2 Å². The molecule has 5 nitrogen and oxygen atoms in total. The summed E-state index contributed by atoms with van der Waals surface area (Å²) in [4.78, 5) is 16.7. The van der Waals surface area contributed by atoms with Crippen LogP contribution in [0.15, 0.2) is 11.4 Å². The summed E-state index contributed by atoms with van der Waals surface area (Å²) in [5, 5.41) is 13.2. The van der Waals surface area contributed by atoms with Crippen molar-refractivity contribution >= 4 is 23.1 Å². The molecular formula is C18H26N4OS. The van der Waals surface area contributed by atoms with Gasteiger partial charge in [-0.2, -0.15) is 5.10 Å². The molecule has 1 saturated carbocycles. The molecule has 2 aromatic heterocycles. The number of carbonyl (C=O) groups excluding carboxylic acids is 1. The van der Waals surface area contributed by atoms with Gasteiger partial charge in [0.25, 0.3) is 0 Å². The maximum Gasteiger partial charge on any atom is 0.231 e. The van der Waals surface area contributed by atoms with Gasteiger partial charge in [0.1, 0.15) is 0 Å². The average Bonchev–Trinajstić information content (AvgIpc) is 3.18. The number of anilines is 1. The minimum atomic E-state index is -0.0636. The third-order valence-corrected chi connectivity index (χ3v) is 5.73. The first-order valence-corrected chi connectivity index (χ1v) is 9.76. The van der Waals surface area contributed by atoms with Gasteiger partial charge in [-0.25, -0.2) is 4.98 Å². The molecule has 130 valence electrons. The molecule has 1 amide bonds. The molecule has 0 unspecified atom stereocenters. The third kappa shape index (κ3) is 4.66. The predicted molar refractivity (Wildman–Crippen MR) is 97.4 cm³/mol. The molecule has 0 atom stereocenters. The quantitative estimate of drug-likeness (QED) is 0.819. The standard InChI is InChI=1S/C18H26N4OS/c1-12(2)18-19-15(11-24-18)10-17(23)20-16-9-14(21-22-16)8-13-6-4-3-5-7-13/h9,11-13H,3-8,10H2,1-2H3,(H2,20,21,22,23). The van der Waals surface area contributed by atoms with Crippen LogP contribution in [0.3, 0.4) is 0 Å². The first kappa shape index (κ1) is 17.1. The number of hydrogen-bond donors (Lipinski definition) is 2. The molecule has 0 aromatic carbocycles. The summed E-state index contributed by atoms with van der Waals surface area (Å²) in [6.45, 7) is 4.22. The van der Waals surface area contributed by atoms with Crippen molar-refractivity contribution in [2.75, 3.05) is 5.32 Å². The molecule has 2 heterocycles. The zero-order valence-electron chi connectivity index (χ0n) is 14.5. The Morgan fingerprint density at radius 1 is 1.38 bits per heavy atom. The van der Waals surface area contributed by atoms with Crippen LogP contribution in [0.4, 0.5) is 5.82 Å². The van der Waals surface area contributed by atoms with E-state index in [-0.39, 0.29) is 5.91 Å². The van der Waals surface area contributed by atoms with E-state index in [1.54, 1.807) is 11.3 Å². The second-order valence-corrected chi connectivity index (χ2v) is 7.93. The second-order valence-electron chi connectivity index (χ2n) is 7.04. The number of nitrogens with one attached hydrogen (secondary N) is 2. The number of nitrogens with zero attached hydrogens (tertiary/aromatic N) is 2. The fourth-order valence-electron chi connectivity index (χ4n) is 3.25. The Kier molecular flexibility index (Phi) is 5.66. The Labute approximate surface area is 147 Å². The molecule has 2 N–H and O–H groups in total. The van der Waals surface area contributed by atoms with E-state index in [0.29, 0.717) is 18.2 Å². The smallest absolute Gasteiger partial charge is 0.231 e. The highest BCUT2D eigenvalue weighted by Crippen LogP contribution is 2.26. The van der Waals surface area contributed by atoms with E-state index in [2.05, 4.69) is 34.3 Å². The summed E-state index contributed by atoms with van der Waals surface area (Å²) in [5.41, 5.74) is 1.95. The molecule has 0 saturated heterocycles. The highest BCUT2D eigenvalue weighted by atomic mass is 32.1. The molecule has 2 aromatic rings. The molecule has 0 aliphatic heterocycles. The maximum absolute atomic E-state index is 12.2. The Bertz CT molecular complexity index is 670. The minimum Gasteiger partial charge on any atom is -0.309 e. The molecule has 1 aliphatic carbocycles. The molecule has 0 bridgehead atoms. The lowest BCUT2D eigenvalue weighted by Crippen LogP contribution is -2.15. The van der Waals surface area contributed by atoms with Gasteiger partial charge in [-0.15, -0.1) is 11.3 Å². The Morgan fingerprint density at radius 2 is 2.17 bits per heavy atom. The summed E-state index contributed by atoms with van der Waals surface area (Å²) in [6, 6.07) is 1.97. The Morgan fingerprint density at radius 3 is 2.88 bits per heavy atom. The first-order chi connectivity index (χ1) is 11.6. The lowest BCUT2D eigenvalue weighted by atomic mass is 9.86. The summed E-state index contributed by atoms with van der Waals surface area (Å²) in [5.74, 6) is 1.71. The summed E-state index contributed by atoms with van der Waals surface area (Å²) in [6.07, 6.45) is 8.00. The Hall–Kier alpha value is -1.69. The zero-order chi connectivity index (χ0) is 16.9. The van der Waals surface area contributed by atoms with Gasteiger partial charge in [0.2, 0.25) is 5.91 Å². The van der Waals surface area contributed by atoms with E-state index in [9.17, 15) is 4.79 Å². The maximum atomic E-state index is 12.2. The molecule has 0 radical (unpaired) electrons. The van der Waals surface area contributed by atoms with Crippen molar-refractivity contribution in [3.63, 3.8) is 0 Å². The van der Waals surface area contributed by atoms with E-state index in [4.69, 9.17) is 0 Å². The van der Waals surface area contributed by atoms with Gasteiger partial charge in [0.15, 0.2) is 5.82 Å². The van der Waals surface area contributed by atoms with Crippen molar-refractivity contribution < 1.29 is 4.79 Å². The second kappa shape index (κ2) is 7.92. The topological polar surface area (TPSA) is 70.7 Å². The number of hydrogen-bond acceptors (Lipinski definition) is 4. The van der Waals surface area contributed by atoms with E-state index in [1.807, 2.05) is 11.4 Å².